The number of quaternary nitrogens is 1. The van der Waals surface area contributed by atoms with Gasteiger partial charge in [0.25, 0.3) is 0 Å². The molecule has 2 aliphatic heterocycles. The van der Waals surface area contributed by atoms with Gasteiger partial charge in [-0.2, -0.15) is 0 Å². The van der Waals surface area contributed by atoms with Crippen LogP contribution in [-0.4, -0.2) is 54.1 Å². The molecule has 2 rings (SSSR count). The summed E-state index contributed by atoms with van der Waals surface area (Å²) in [5.41, 5.74) is 0.329. The lowest BCUT2D eigenvalue weighted by molar-refractivity contribution is -0.943. The summed E-state index contributed by atoms with van der Waals surface area (Å²) in [6.45, 7) is 17.0. The van der Waals surface area contributed by atoms with Crippen molar-refractivity contribution in [2.75, 3.05) is 32.7 Å². The number of amides is 1. The summed E-state index contributed by atoms with van der Waals surface area (Å²) >= 11 is 0. The van der Waals surface area contributed by atoms with Crippen molar-refractivity contribution in [3.8, 4) is 0 Å². The molecule has 2 fully saturated rings. The summed E-state index contributed by atoms with van der Waals surface area (Å²) in [7, 11) is 0. The van der Waals surface area contributed by atoms with Crippen LogP contribution in [0.5, 0.6) is 0 Å². The Bertz CT molecular complexity index is 352. The van der Waals surface area contributed by atoms with Crippen molar-refractivity contribution in [3.63, 3.8) is 0 Å². The van der Waals surface area contributed by atoms with E-state index in [4.69, 9.17) is 0 Å². The minimum Gasteiger partial charge on any atom is -0.342 e. The van der Waals surface area contributed by atoms with E-state index in [2.05, 4.69) is 39.5 Å². The molecule has 3 nitrogen and oxygen atoms in total. The van der Waals surface area contributed by atoms with Crippen LogP contribution >= 0.6 is 0 Å². The molecule has 0 aromatic rings. The molecule has 0 aromatic heterocycles. The van der Waals surface area contributed by atoms with Gasteiger partial charge in [-0.15, -0.1) is 0 Å². The summed E-state index contributed by atoms with van der Waals surface area (Å²) in [5, 5.41) is 0. The van der Waals surface area contributed by atoms with Gasteiger partial charge in [-0.25, -0.2) is 0 Å². The number of carbonyl (C=O) groups excluding carboxylic acids is 1. The second-order valence-electron chi connectivity index (χ2n) is 8.46. The molecular weight excluding hydrogens is 248 g/mol. The standard InChI is InChI=1S/C17H33N2O/c1-14(2)19(13-17(3,4)5)11-8-15(12-19)16(20)18-9-6-7-10-18/h14-15H,6-13H2,1-5H3/q+1. The molecule has 0 aromatic carbocycles. The van der Waals surface area contributed by atoms with E-state index >= 15 is 0 Å². The summed E-state index contributed by atoms with van der Waals surface area (Å²) in [4.78, 5) is 14.8. The van der Waals surface area contributed by atoms with Crippen molar-refractivity contribution in [1.82, 2.24) is 4.90 Å². The average molecular weight is 281 g/mol. The van der Waals surface area contributed by atoms with Gasteiger partial charge in [0.05, 0.1) is 31.6 Å². The topological polar surface area (TPSA) is 20.3 Å². The Morgan fingerprint density at radius 1 is 1.25 bits per heavy atom. The predicted molar refractivity (Wildman–Crippen MR) is 83.4 cm³/mol. The highest BCUT2D eigenvalue weighted by molar-refractivity contribution is 5.79. The van der Waals surface area contributed by atoms with Crippen LogP contribution in [0.1, 0.15) is 53.9 Å². The van der Waals surface area contributed by atoms with Gasteiger partial charge < -0.3 is 9.38 Å². The fraction of sp³-hybridized carbons (Fsp3) is 0.941. The second kappa shape index (κ2) is 5.67. The Hall–Kier alpha value is -0.570. The zero-order chi connectivity index (χ0) is 15.0. The highest BCUT2D eigenvalue weighted by atomic mass is 16.2. The number of likely N-dealkylation sites (tertiary alicyclic amines) is 2. The SMILES string of the molecule is CC(C)[N+]1(CC(C)(C)C)CCC(C(=O)N2CCCC2)C1. The fourth-order valence-corrected chi connectivity index (χ4v) is 4.17. The number of rotatable bonds is 3. The zero-order valence-corrected chi connectivity index (χ0v) is 14.1. The molecule has 3 heteroatoms. The third-order valence-electron chi connectivity index (χ3n) is 5.16. The third-order valence-corrected chi connectivity index (χ3v) is 5.16. The van der Waals surface area contributed by atoms with Crippen LogP contribution in [0.15, 0.2) is 0 Å². The molecule has 1 amide bonds. The van der Waals surface area contributed by atoms with Crippen molar-refractivity contribution < 1.29 is 9.28 Å². The van der Waals surface area contributed by atoms with E-state index in [-0.39, 0.29) is 5.92 Å². The van der Waals surface area contributed by atoms with Crippen molar-refractivity contribution >= 4 is 5.91 Å². The van der Waals surface area contributed by atoms with Crippen LogP contribution in [0, 0.1) is 11.3 Å². The Kier molecular flexibility index (Phi) is 4.48. The van der Waals surface area contributed by atoms with Gasteiger partial charge >= 0.3 is 0 Å². The Balaban J connectivity index is 2.05. The smallest absolute Gasteiger partial charge is 0.231 e. The number of hydrogen-bond acceptors (Lipinski definition) is 1. The maximum atomic E-state index is 12.6. The van der Waals surface area contributed by atoms with E-state index in [1.54, 1.807) is 0 Å². The van der Waals surface area contributed by atoms with Crippen LogP contribution < -0.4 is 0 Å². The molecule has 0 spiro atoms. The predicted octanol–water partition coefficient (Wildman–Crippen LogP) is 2.90. The molecule has 0 radical (unpaired) electrons. The van der Waals surface area contributed by atoms with Crippen molar-refractivity contribution in [2.45, 2.75) is 59.9 Å². The first kappa shape index (κ1) is 15.8. The first-order valence-corrected chi connectivity index (χ1v) is 8.38. The molecule has 0 aliphatic carbocycles. The van der Waals surface area contributed by atoms with E-state index in [0.717, 1.165) is 30.5 Å². The van der Waals surface area contributed by atoms with Gasteiger partial charge in [0.1, 0.15) is 0 Å². The van der Waals surface area contributed by atoms with Gasteiger partial charge in [0.15, 0.2) is 0 Å². The molecule has 2 atom stereocenters. The summed E-state index contributed by atoms with van der Waals surface area (Å²) in [5.74, 6) is 0.718. The van der Waals surface area contributed by atoms with Crippen LogP contribution in [-0.2, 0) is 4.79 Å². The molecule has 20 heavy (non-hydrogen) atoms. The Morgan fingerprint density at radius 3 is 2.35 bits per heavy atom. The number of nitrogens with zero attached hydrogens (tertiary/aromatic N) is 2. The highest BCUT2D eigenvalue weighted by Crippen LogP contribution is 2.34. The molecule has 2 saturated heterocycles. The van der Waals surface area contributed by atoms with E-state index in [1.807, 2.05) is 0 Å². The molecular formula is C17H33N2O+. The third kappa shape index (κ3) is 3.36. The van der Waals surface area contributed by atoms with Gasteiger partial charge in [0, 0.05) is 24.9 Å². The lowest BCUT2D eigenvalue weighted by Gasteiger charge is -2.43. The van der Waals surface area contributed by atoms with Crippen molar-refractivity contribution in [3.05, 3.63) is 0 Å². The van der Waals surface area contributed by atoms with E-state index in [1.165, 1.54) is 25.9 Å². The lowest BCUT2D eigenvalue weighted by atomic mass is 9.93. The summed E-state index contributed by atoms with van der Waals surface area (Å²) < 4.78 is 1.13. The maximum Gasteiger partial charge on any atom is 0.231 e. The molecule has 0 N–H and O–H groups in total. The first-order valence-electron chi connectivity index (χ1n) is 8.38. The molecule has 2 unspecified atom stereocenters. The average Bonchev–Trinajstić information content (AvgIpc) is 2.94. The fourth-order valence-electron chi connectivity index (χ4n) is 4.17. The van der Waals surface area contributed by atoms with Crippen molar-refractivity contribution in [2.24, 2.45) is 11.3 Å². The van der Waals surface area contributed by atoms with Gasteiger partial charge in [-0.1, -0.05) is 20.8 Å². The highest BCUT2D eigenvalue weighted by Gasteiger charge is 2.46. The summed E-state index contributed by atoms with van der Waals surface area (Å²) in [6.07, 6.45) is 3.48. The minimum absolute atomic E-state index is 0.276. The molecule has 0 bridgehead atoms. The van der Waals surface area contributed by atoms with E-state index < -0.39 is 0 Å². The number of carbonyl (C=O) groups is 1. The second-order valence-corrected chi connectivity index (χ2v) is 8.46. The quantitative estimate of drug-likeness (QED) is 0.728. The monoisotopic (exact) mass is 281 g/mol. The minimum atomic E-state index is 0.276. The molecule has 0 saturated carbocycles. The largest absolute Gasteiger partial charge is 0.342 e. The maximum absolute atomic E-state index is 12.6. The Labute approximate surface area is 124 Å². The van der Waals surface area contributed by atoms with Crippen LogP contribution in [0.25, 0.3) is 0 Å². The van der Waals surface area contributed by atoms with E-state index in [9.17, 15) is 4.79 Å². The van der Waals surface area contributed by atoms with Crippen LogP contribution in [0.2, 0.25) is 0 Å². The first-order chi connectivity index (χ1) is 9.23. The van der Waals surface area contributed by atoms with Gasteiger partial charge in [0.2, 0.25) is 5.91 Å². The van der Waals surface area contributed by atoms with Crippen molar-refractivity contribution in [1.29, 1.82) is 0 Å². The zero-order valence-electron chi connectivity index (χ0n) is 14.1. The number of hydrogen-bond donors (Lipinski definition) is 0. The lowest BCUT2D eigenvalue weighted by Crippen LogP contribution is -2.55. The van der Waals surface area contributed by atoms with E-state index in [0.29, 0.717) is 17.4 Å². The Morgan fingerprint density at radius 2 is 1.85 bits per heavy atom. The van der Waals surface area contributed by atoms with Gasteiger partial charge in [-0.05, 0) is 26.7 Å². The molecule has 116 valence electrons. The van der Waals surface area contributed by atoms with Gasteiger partial charge in [-0.3, -0.25) is 4.79 Å². The molecule has 2 aliphatic rings. The van der Waals surface area contributed by atoms with Crippen LogP contribution in [0.3, 0.4) is 0 Å². The summed E-state index contributed by atoms with van der Waals surface area (Å²) in [6, 6.07) is 0.616. The van der Waals surface area contributed by atoms with Crippen LogP contribution in [0.4, 0.5) is 0 Å². The molecule has 2 heterocycles. The normalized spacial score (nSPS) is 31.3.